The van der Waals surface area contributed by atoms with Crippen LogP contribution < -0.4 is 9.64 Å². The molecule has 0 radical (unpaired) electrons. The molecule has 2 heterocycles. The van der Waals surface area contributed by atoms with Gasteiger partial charge in [-0.15, -0.1) is 11.3 Å². The van der Waals surface area contributed by atoms with Crippen molar-refractivity contribution in [2.75, 3.05) is 18.1 Å². The fourth-order valence-electron chi connectivity index (χ4n) is 3.27. The van der Waals surface area contributed by atoms with E-state index < -0.39 is 0 Å². The van der Waals surface area contributed by atoms with E-state index in [0.29, 0.717) is 13.2 Å². The highest BCUT2D eigenvalue weighted by molar-refractivity contribution is 7.21. The van der Waals surface area contributed by atoms with E-state index in [0.717, 1.165) is 29.2 Å². The lowest BCUT2D eigenvalue weighted by atomic mass is 10.1. The third kappa shape index (κ3) is 2.47. The highest BCUT2D eigenvalue weighted by atomic mass is 32.1. The van der Waals surface area contributed by atoms with Crippen molar-refractivity contribution >= 4 is 33.0 Å². The number of aryl methyl sites for hydroxylation is 1. The molecule has 0 saturated carbocycles. The van der Waals surface area contributed by atoms with Crippen LogP contribution in [0.3, 0.4) is 0 Å². The number of hydrogen-bond acceptors (Lipinski definition) is 3. The average Bonchev–Trinajstić information content (AvgIpc) is 3.00. The van der Waals surface area contributed by atoms with Crippen LogP contribution in [0.5, 0.6) is 5.75 Å². The highest BCUT2D eigenvalue weighted by Gasteiger charge is 2.27. The second kappa shape index (κ2) is 6.29. The van der Waals surface area contributed by atoms with Crippen molar-refractivity contribution in [2.45, 2.75) is 19.8 Å². The average molecular weight is 337 g/mol. The van der Waals surface area contributed by atoms with E-state index in [2.05, 4.69) is 19.1 Å². The van der Waals surface area contributed by atoms with Gasteiger partial charge in [-0.1, -0.05) is 43.7 Å². The Labute approximate surface area is 145 Å². The summed E-state index contributed by atoms with van der Waals surface area (Å²) in [6, 6.07) is 16.1. The summed E-state index contributed by atoms with van der Waals surface area (Å²) in [5.41, 5.74) is 2.06. The lowest BCUT2D eigenvalue weighted by molar-refractivity contribution is 0.0980. The SMILES string of the molecule is CCCc1c(C(=O)N2CCOc3ccccc32)sc2ccccc12. The molecule has 3 aromatic rings. The highest BCUT2D eigenvalue weighted by Crippen LogP contribution is 2.37. The van der Waals surface area contributed by atoms with Gasteiger partial charge in [-0.25, -0.2) is 0 Å². The maximum Gasteiger partial charge on any atom is 0.268 e. The van der Waals surface area contributed by atoms with Crippen LogP contribution in [-0.2, 0) is 6.42 Å². The molecule has 24 heavy (non-hydrogen) atoms. The summed E-state index contributed by atoms with van der Waals surface area (Å²) in [5.74, 6) is 0.880. The van der Waals surface area contributed by atoms with Crippen molar-refractivity contribution in [3.8, 4) is 5.75 Å². The summed E-state index contributed by atoms with van der Waals surface area (Å²) in [5, 5.41) is 1.22. The zero-order chi connectivity index (χ0) is 16.5. The molecule has 1 aliphatic rings. The Bertz CT molecular complexity index is 900. The minimum absolute atomic E-state index is 0.0930. The van der Waals surface area contributed by atoms with Crippen LogP contribution in [0.15, 0.2) is 48.5 Å². The van der Waals surface area contributed by atoms with Gasteiger partial charge < -0.3 is 9.64 Å². The standard InChI is InChI=1S/C20H19NO2S/c1-2-7-15-14-8-3-6-11-18(14)24-19(15)20(22)21-12-13-23-17-10-5-4-9-16(17)21/h3-6,8-11H,2,7,12-13H2,1H3. The van der Waals surface area contributed by atoms with Crippen LogP contribution in [0.4, 0.5) is 5.69 Å². The first-order chi connectivity index (χ1) is 11.8. The lowest BCUT2D eigenvalue weighted by Gasteiger charge is -2.29. The molecule has 4 heteroatoms. The number of amides is 1. The van der Waals surface area contributed by atoms with Gasteiger partial charge in [-0.2, -0.15) is 0 Å². The van der Waals surface area contributed by atoms with Gasteiger partial charge in [0.15, 0.2) is 0 Å². The summed E-state index contributed by atoms with van der Waals surface area (Å²) in [6.45, 7) is 3.29. The monoisotopic (exact) mass is 337 g/mol. The fraction of sp³-hybridized carbons (Fsp3) is 0.250. The third-order valence-electron chi connectivity index (χ3n) is 4.37. The van der Waals surface area contributed by atoms with E-state index in [4.69, 9.17) is 4.74 Å². The van der Waals surface area contributed by atoms with Gasteiger partial charge >= 0.3 is 0 Å². The number of carbonyl (C=O) groups excluding carboxylic acids is 1. The Morgan fingerprint density at radius 3 is 2.83 bits per heavy atom. The molecular formula is C20H19NO2S. The Morgan fingerprint density at radius 1 is 1.17 bits per heavy atom. The normalized spacial score (nSPS) is 13.6. The maximum atomic E-state index is 13.3. The molecule has 4 rings (SSSR count). The zero-order valence-electron chi connectivity index (χ0n) is 13.6. The Kier molecular flexibility index (Phi) is 3.98. The van der Waals surface area contributed by atoms with Gasteiger partial charge in [-0.05, 0) is 35.6 Å². The van der Waals surface area contributed by atoms with E-state index in [9.17, 15) is 4.79 Å². The summed E-state index contributed by atoms with van der Waals surface area (Å²) in [4.78, 5) is 16.0. The second-order valence-electron chi connectivity index (χ2n) is 5.93. The van der Waals surface area contributed by atoms with Crippen molar-refractivity contribution in [2.24, 2.45) is 0 Å². The van der Waals surface area contributed by atoms with Crippen molar-refractivity contribution in [1.82, 2.24) is 0 Å². The van der Waals surface area contributed by atoms with Crippen molar-refractivity contribution in [3.63, 3.8) is 0 Å². The zero-order valence-corrected chi connectivity index (χ0v) is 14.4. The minimum Gasteiger partial charge on any atom is -0.490 e. The number of rotatable bonds is 3. The van der Waals surface area contributed by atoms with E-state index in [1.54, 1.807) is 11.3 Å². The van der Waals surface area contributed by atoms with Gasteiger partial charge in [0.1, 0.15) is 12.4 Å². The second-order valence-corrected chi connectivity index (χ2v) is 6.98. The third-order valence-corrected chi connectivity index (χ3v) is 5.57. The number of ether oxygens (including phenoxy) is 1. The molecule has 0 saturated heterocycles. The molecular weight excluding hydrogens is 318 g/mol. The Hall–Kier alpha value is -2.33. The number of nitrogens with zero attached hydrogens (tertiary/aromatic N) is 1. The Balaban J connectivity index is 1.81. The summed E-state index contributed by atoms with van der Waals surface area (Å²) in [6.07, 6.45) is 1.96. The predicted octanol–water partition coefficient (Wildman–Crippen LogP) is 4.89. The van der Waals surface area contributed by atoms with Crippen molar-refractivity contribution < 1.29 is 9.53 Å². The Morgan fingerprint density at radius 2 is 1.96 bits per heavy atom. The number of benzene rings is 2. The molecule has 1 amide bonds. The largest absolute Gasteiger partial charge is 0.490 e. The molecule has 2 aromatic carbocycles. The summed E-state index contributed by atoms with van der Waals surface area (Å²) in [7, 11) is 0. The number of anilines is 1. The first kappa shape index (κ1) is 15.2. The molecule has 0 bridgehead atoms. The van der Waals surface area contributed by atoms with E-state index in [1.165, 1.54) is 15.6 Å². The molecule has 0 N–H and O–H groups in total. The predicted molar refractivity (Wildman–Crippen MR) is 99.4 cm³/mol. The van der Waals surface area contributed by atoms with E-state index in [-0.39, 0.29) is 5.91 Å². The number of thiophene rings is 1. The smallest absolute Gasteiger partial charge is 0.268 e. The molecule has 122 valence electrons. The first-order valence-electron chi connectivity index (χ1n) is 8.33. The van der Waals surface area contributed by atoms with Gasteiger partial charge in [0.05, 0.1) is 17.1 Å². The van der Waals surface area contributed by atoms with E-state index in [1.807, 2.05) is 41.3 Å². The van der Waals surface area contributed by atoms with Gasteiger partial charge in [0, 0.05) is 4.70 Å². The molecule has 1 aliphatic heterocycles. The summed E-state index contributed by atoms with van der Waals surface area (Å²) >= 11 is 1.61. The van der Waals surface area contributed by atoms with Gasteiger partial charge in [0.25, 0.3) is 5.91 Å². The molecule has 0 aliphatic carbocycles. The van der Waals surface area contributed by atoms with Gasteiger partial charge in [-0.3, -0.25) is 4.79 Å². The number of carbonyl (C=O) groups is 1. The minimum atomic E-state index is 0.0930. The van der Waals surface area contributed by atoms with Crippen LogP contribution in [0.25, 0.3) is 10.1 Å². The number of hydrogen-bond donors (Lipinski definition) is 0. The number of para-hydroxylation sites is 2. The molecule has 0 unspecified atom stereocenters. The molecule has 0 fully saturated rings. The van der Waals surface area contributed by atoms with E-state index >= 15 is 0 Å². The van der Waals surface area contributed by atoms with Crippen LogP contribution >= 0.6 is 11.3 Å². The maximum absolute atomic E-state index is 13.3. The molecule has 1 aromatic heterocycles. The van der Waals surface area contributed by atoms with Crippen LogP contribution in [0, 0.1) is 0 Å². The van der Waals surface area contributed by atoms with Gasteiger partial charge in [0.2, 0.25) is 0 Å². The van der Waals surface area contributed by atoms with Crippen LogP contribution in [-0.4, -0.2) is 19.1 Å². The molecule has 0 atom stereocenters. The van der Waals surface area contributed by atoms with Crippen LogP contribution in [0.1, 0.15) is 28.6 Å². The van der Waals surface area contributed by atoms with Crippen molar-refractivity contribution in [1.29, 1.82) is 0 Å². The summed E-state index contributed by atoms with van der Waals surface area (Å²) < 4.78 is 6.87. The molecule has 3 nitrogen and oxygen atoms in total. The van der Waals surface area contributed by atoms with Crippen LogP contribution in [0.2, 0.25) is 0 Å². The molecule has 0 spiro atoms. The lowest BCUT2D eigenvalue weighted by Crippen LogP contribution is -2.37. The fourth-order valence-corrected chi connectivity index (χ4v) is 4.47. The quantitative estimate of drug-likeness (QED) is 0.681. The topological polar surface area (TPSA) is 29.5 Å². The van der Waals surface area contributed by atoms with Crippen molar-refractivity contribution in [3.05, 3.63) is 59.0 Å². The number of fused-ring (bicyclic) bond motifs is 2. The first-order valence-corrected chi connectivity index (χ1v) is 9.15.